The van der Waals surface area contributed by atoms with Gasteiger partial charge in [0.05, 0.1) is 0 Å². The maximum absolute atomic E-state index is 11.4. The van der Waals surface area contributed by atoms with Crippen molar-refractivity contribution in [1.82, 2.24) is 0 Å². The van der Waals surface area contributed by atoms with Gasteiger partial charge in [0.1, 0.15) is 6.10 Å². The zero-order chi connectivity index (χ0) is 13.1. The summed E-state index contributed by atoms with van der Waals surface area (Å²) < 4.78 is 4.63. The SMILES string of the molecule is O=C1OC(C(O)CSc2ccccc2)C(=O)C1O. The van der Waals surface area contributed by atoms with Crippen molar-refractivity contribution in [3.05, 3.63) is 30.3 Å². The lowest BCUT2D eigenvalue weighted by molar-refractivity contribution is -0.150. The molecule has 1 aromatic rings. The first kappa shape index (κ1) is 13.1. The molecule has 0 amide bonds. The molecule has 0 radical (unpaired) electrons. The molecule has 1 aliphatic rings. The summed E-state index contributed by atoms with van der Waals surface area (Å²) in [6.07, 6.45) is -4.14. The molecule has 1 fully saturated rings. The van der Waals surface area contributed by atoms with Crippen molar-refractivity contribution in [3.8, 4) is 0 Å². The van der Waals surface area contributed by atoms with Crippen LogP contribution in [0.25, 0.3) is 0 Å². The van der Waals surface area contributed by atoms with E-state index in [1.54, 1.807) is 0 Å². The first-order valence-corrected chi connectivity index (χ1v) is 6.36. The van der Waals surface area contributed by atoms with E-state index in [1.807, 2.05) is 30.3 Å². The van der Waals surface area contributed by atoms with Gasteiger partial charge < -0.3 is 14.9 Å². The summed E-state index contributed by atoms with van der Waals surface area (Å²) in [6, 6.07) is 9.33. The van der Waals surface area contributed by atoms with Crippen LogP contribution in [0.15, 0.2) is 35.2 Å². The highest BCUT2D eigenvalue weighted by Gasteiger charge is 2.45. The van der Waals surface area contributed by atoms with Gasteiger partial charge in [-0.25, -0.2) is 4.79 Å². The minimum Gasteiger partial charge on any atom is -0.449 e. The highest BCUT2D eigenvalue weighted by molar-refractivity contribution is 7.99. The van der Waals surface area contributed by atoms with Gasteiger partial charge in [-0.3, -0.25) is 4.79 Å². The molecule has 1 aliphatic heterocycles. The van der Waals surface area contributed by atoms with E-state index in [9.17, 15) is 14.7 Å². The van der Waals surface area contributed by atoms with Crippen LogP contribution in [0.3, 0.4) is 0 Å². The Labute approximate surface area is 108 Å². The lowest BCUT2D eigenvalue weighted by Gasteiger charge is -2.14. The number of cyclic esters (lactones) is 1. The van der Waals surface area contributed by atoms with Gasteiger partial charge in [-0.2, -0.15) is 0 Å². The van der Waals surface area contributed by atoms with Gasteiger partial charge in [-0.1, -0.05) is 18.2 Å². The van der Waals surface area contributed by atoms with Crippen LogP contribution in [0.2, 0.25) is 0 Å². The van der Waals surface area contributed by atoms with E-state index in [0.717, 1.165) is 4.90 Å². The van der Waals surface area contributed by atoms with E-state index >= 15 is 0 Å². The number of aliphatic hydroxyl groups is 2. The number of esters is 1. The van der Waals surface area contributed by atoms with Crippen molar-refractivity contribution in [2.75, 3.05) is 5.75 Å². The maximum Gasteiger partial charge on any atom is 0.343 e. The van der Waals surface area contributed by atoms with Crippen molar-refractivity contribution < 1.29 is 24.5 Å². The minimum atomic E-state index is -1.76. The smallest absolute Gasteiger partial charge is 0.343 e. The average molecular weight is 268 g/mol. The van der Waals surface area contributed by atoms with Crippen LogP contribution < -0.4 is 0 Å². The molecule has 1 heterocycles. The number of rotatable bonds is 4. The molecule has 0 bridgehead atoms. The van der Waals surface area contributed by atoms with Gasteiger partial charge in [-0.05, 0) is 12.1 Å². The number of thioether (sulfide) groups is 1. The Morgan fingerprint density at radius 2 is 1.94 bits per heavy atom. The van der Waals surface area contributed by atoms with E-state index in [2.05, 4.69) is 4.74 Å². The summed E-state index contributed by atoms with van der Waals surface area (Å²) in [5.41, 5.74) is 0. The summed E-state index contributed by atoms with van der Waals surface area (Å²) in [5, 5.41) is 18.9. The van der Waals surface area contributed by atoms with Crippen LogP contribution in [-0.4, -0.2) is 46.0 Å². The predicted octanol–water partition coefficient (Wildman–Crippen LogP) is -0.00500. The first-order valence-electron chi connectivity index (χ1n) is 5.38. The average Bonchev–Trinajstić information content (AvgIpc) is 2.65. The molecule has 6 heteroatoms. The molecule has 1 aromatic carbocycles. The summed E-state index contributed by atoms with van der Waals surface area (Å²) >= 11 is 1.34. The molecule has 18 heavy (non-hydrogen) atoms. The number of benzene rings is 1. The Bertz CT molecular complexity index is 447. The van der Waals surface area contributed by atoms with E-state index in [1.165, 1.54) is 11.8 Å². The van der Waals surface area contributed by atoms with Crippen LogP contribution in [0.1, 0.15) is 0 Å². The van der Waals surface area contributed by atoms with Crippen LogP contribution >= 0.6 is 11.8 Å². The number of ether oxygens (including phenoxy) is 1. The molecule has 3 atom stereocenters. The second-order valence-electron chi connectivity index (χ2n) is 3.85. The summed E-state index contributed by atoms with van der Waals surface area (Å²) in [7, 11) is 0. The van der Waals surface area contributed by atoms with Crippen LogP contribution in [-0.2, 0) is 14.3 Å². The minimum absolute atomic E-state index is 0.209. The Balaban J connectivity index is 1.91. The quantitative estimate of drug-likeness (QED) is 0.454. The fourth-order valence-corrected chi connectivity index (χ4v) is 2.46. The third-order valence-corrected chi connectivity index (χ3v) is 3.64. The number of hydrogen-bond acceptors (Lipinski definition) is 6. The zero-order valence-electron chi connectivity index (χ0n) is 9.35. The molecule has 0 spiro atoms. The Hall–Kier alpha value is -1.37. The molecule has 2 N–H and O–H groups in total. The number of ketones is 1. The highest BCUT2D eigenvalue weighted by atomic mass is 32.2. The molecule has 0 saturated carbocycles. The molecule has 0 aliphatic carbocycles. The molecule has 0 aromatic heterocycles. The number of carbonyl (C=O) groups is 2. The second-order valence-corrected chi connectivity index (χ2v) is 4.95. The third-order valence-electron chi connectivity index (χ3n) is 2.53. The number of aliphatic hydroxyl groups excluding tert-OH is 2. The lowest BCUT2D eigenvalue weighted by Crippen LogP contribution is -2.36. The number of Topliss-reactive ketones (excluding diaryl/α,β-unsaturated/α-hetero) is 1. The van der Waals surface area contributed by atoms with Gasteiger partial charge in [-0.15, -0.1) is 11.8 Å². The standard InChI is InChI=1S/C12H12O5S/c13-8(6-18-7-4-2-1-3-5-7)11-9(14)10(15)12(16)17-11/h1-5,8,10-11,13,15H,6H2. The predicted molar refractivity (Wildman–Crippen MR) is 64.1 cm³/mol. The zero-order valence-corrected chi connectivity index (χ0v) is 10.2. The summed E-state index contributed by atoms with van der Waals surface area (Å²) in [6.45, 7) is 0. The molecule has 5 nitrogen and oxygen atoms in total. The largest absolute Gasteiger partial charge is 0.449 e. The van der Waals surface area contributed by atoms with Crippen LogP contribution in [0.4, 0.5) is 0 Å². The fraction of sp³-hybridized carbons (Fsp3) is 0.333. The van der Waals surface area contributed by atoms with Gasteiger partial charge in [0.2, 0.25) is 11.9 Å². The lowest BCUT2D eigenvalue weighted by atomic mass is 10.1. The highest BCUT2D eigenvalue weighted by Crippen LogP contribution is 2.22. The van der Waals surface area contributed by atoms with E-state index < -0.39 is 30.1 Å². The topological polar surface area (TPSA) is 83.8 Å². The van der Waals surface area contributed by atoms with E-state index in [-0.39, 0.29) is 5.75 Å². The van der Waals surface area contributed by atoms with Gasteiger partial charge in [0, 0.05) is 10.6 Å². The molecule has 3 unspecified atom stereocenters. The Morgan fingerprint density at radius 3 is 2.50 bits per heavy atom. The number of hydrogen-bond donors (Lipinski definition) is 2. The Kier molecular flexibility index (Phi) is 4.00. The maximum atomic E-state index is 11.4. The van der Waals surface area contributed by atoms with Crippen molar-refractivity contribution in [3.63, 3.8) is 0 Å². The Morgan fingerprint density at radius 1 is 1.28 bits per heavy atom. The van der Waals surface area contributed by atoms with Gasteiger partial charge >= 0.3 is 5.97 Å². The number of carbonyl (C=O) groups excluding carboxylic acids is 2. The van der Waals surface area contributed by atoms with Gasteiger partial charge in [0.15, 0.2) is 6.10 Å². The van der Waals surface area contributed by atoms with Crippen molar-refractivity contribution in [1.29, 1.82) is 0 Å². The van der Waals surface area contributed by atoms with E-state index in [4.69, 9.17) is 5.11 Å². The first-order chi connectivity index (χ1) is 8.59. The van der Waals surface area contributed by atoms with Crippen LogP contribution in [0, 0.1) is 0 Å². The fourth-order valence-electron chi connectivity index (χ4n) is 1.57. The summed E-state index contributed by atoms with van der Waals surface area (Å²) in [4.78, 5) is 23.3. The van der Waals surface area contributed by atoms with E-state index in [0.29, 0.717) is 0 Å². The molecule has 96 valence electrons. The van der Waals surface area contributed by atoms with Crippen molar-refractivity contribution >= 4 is 23.5 Å². The normalized spacial score (nSPS) is 25.0. The van der Waals surface area contributed by atoms with Crippen LogP contribution in [0.5, 0.6) is 0 Å². The second kappa shape index (κ2) is 5.51. The third kappa shape index (κ3) is 2.72. The molecular weight excluding hydrogens is 256 g/mol. The summed E-state index contributed by atoms with van der Waals surface area (Å²) in [5.74, 6) is -1.56. The molecular formula is C12H12O5S. The van der Waals surface area contributed by atoms with Gasteiger partial charge in [0.25, 0.3) is 0 Å². The monoisotopic (exact) mass is 268 g/mol. The molecule has 1 saturated heterocycles. The van der Waals surface area contributed by atoms with Crippen molar-refractivity contribution in [2.45, 2.75) is 23.2 Å². The molecule has 2 rings (SSSR count). The van der Waals surface area contributed by atoms with Crippen molar-refractivity contribution in [2.24, 2.45) is 0 Å².